The highest BCUT2D eigenvalue weighted by molar-refractivity contribution is 9.10. The predicted octanol–water partition coefficient (Wildman–Crippen LogP) is 1.37. The molecular weight excluding hydrogens is 392 g/mol. The minimum Gasteiger partial charge on any atom is -0.494 e. The van der Waals surface area contributed by atoms with Crippen molar-refractivity contribution in [2.45, 2.75) is 6.92 Å². The van der Waals surface area contributed by atoms with Crippen LogP contribution in [0.25, 0.3) is 0 Å². The second kappa shape index (κ2) is 8.88. The van der Waals surface area contributed by atoms with Gasteiger partial charge in [-0.05, 0) is 53.2 Å². The van der Waals surface area contributed by atoms with Gasteiger partial charge in [0.2, 0.25) is 0 Å². The lowest BCUT2D eigenvalue weighted by atomic mass is 10.2. The van der Waals surface area contributed by atoms with Crippen molar-refractivity contribution in [1.82, 2.24) is 21.2 Å². The van der Waals surface area contributed by atoms with Crippen molar-refractivity contribution in [1.29, 1.82) is 0 Å². The molecule has 0 aliphatic carbocycles. The number of hydrogen-bond donors (Lipinski definition) is 4. The molecule has 0 saturated heterocycles. The Hall–Kier alpha value is -2.81. The molecule has 3 amide bonds. The molecule has 1 aromatic carbocycles. The Labute approximate surface area is 152 Å². The number of amides is 3. The maximum atomic E-state index is 12.0. The highest BCUT2D eigenvalue weighted by Gasteiger charge is 2.11. The largest absolute Gasteiger partial charge is 0.494 e. The molecule has 0 bridgehead atoms. The number of carbonyl (C=O) groups is 3. The third kappa shape index (κ3) is 5.64. The number of ether oxygens (including phenoxy) is 1. The van der Waals surface area contributed by atoms with E-state index in [4.69, 9.17) is 4.74 Å². The Kier molecular flexibility index (Phi) is 6.58. The van der Waals surface area contributed by atoms with Crippen molar-refractivity contribution < 1.29 is 19.1 Å². The van der Waals surface area contributed by atoms with Gasteiger partial charge < -0.3 is 15.0 Å². The summed E-state index contributed by atoms with van der Waals surface area (Å²) in [5, 5.41) is 2.46. The molecule has 8 nitrogen and oxygen atoms in total. The normalized spacial score (nSPS) is 10.0. The summed E-state index contributed by atoms with van der Waals surface area (Å²) in [6, 6.07) is 8.11. The van der Waals surface area contributed by atoms with Gasteiger partial charge in [0.25, 0.3) is 17.7 Å². The van der Waals surface area contributed by atoms with E-state index >= 15 is 0 Å². The molecule has 1 heterocycles. The molecule has 0 unspecified atom stereocenters. The van der Waals surface area contributed by atoms with Gasteiger partial charge in [-0.15, -0.1) is 0 Å². The highest BCUT2D eigenvalue weighted by Crippen LogP contribution is 2.12. The van der Waals surface area contributed by atoms with Crippen LogP contribution in [-0.4, -0.2) is 35.9 Å². The zero-order chi connectivity index (χ0) is 18.2. The topological polar surface area (TPSA) is 112 Å². The summed E-state index contributed by atoms with van der Waals surface area (Å²) in [5.74, 6) is -0.802. The summed E-state index contributed by atoms with van der Waals surface area (Å²) in [5.41, 5.74) is 5.14. The van der Waals surface area contributed by atoms with Gasteiger partial charge in [0.1, 0.15) is 11.4 Å². The number of aromatic amines is 1. The Morgan fingerprint density at radius 2 is 1.84 bits per heavy atom. The van der Waals surface area contributed by atoms with Crippen LogP contribution < -0.4 is 20.9 Å². The minimum absolute atomic E-state index is 0.277. The van der Waals surface area contributed by atoms with Crippen molar-refractivity contribution in [3.05, 3.63) is 52.3 Å². The summed E-state index contributed by atoms with van der Waals surface area (Å²) in [4.78, 5) is 38.1. The summed E-state index contributed by atoms with van der Waals surface area (Å²) in [6.45, 7) is 2.13. The van der Waals surface area contributed by atoms with E-state index in [-0.39, 0.29) is 12.2 Å². The van der Waals surface area contributed by atoms with Gasteiger partial charge in [-0.25, -0.2) is 0 Å². The van der Waals surface area contributed by atoms with E-state index in [1.54, 1.807) is 36.5 Å². The highest BCUT2D eigenvalue weighted by atomic mass is 79.9. The van der Waals surface area contributed by atoms with Crippen LogP contribution in [0.1, 0.15) is 27.8 Å². The van der Waals surface area contributed by atoms with E-state index in [1.807, 2.05) is 6.92 Å². The van der Waals surface area contributed by atoms with Gasteiger partial charge >= 0.3 is 0 Å². The molecule has 0 saturated carbocycles. The first-order chi connectivity index (χ1) is 12.0. The number of rotatable bonds is 6. The zero-order valence-corrected chi connectivity index (χ0v) is 15.0. The predicted molar refractivity (Wildman–Crippen MR) is 94.0 cm³/mol. The van der Waals surface area contributed by atoms with Crippen LogP contribution >= 0.6 is 15.9 Å². The lowest BCUT2D eigenvalue weighted by Gasteiger charge is -2.08. The van der Waals surface area contributed by atoms with Crippen LogP contribution in [0.15, 0.2) is 41.0 Å². The van der Waals surface area contributed by atoms with Gasteiger partial charge in [-0.1, -0.05) is 0 Å². The van der Waals surface area contributed by atoms with Gasteiger partial charge in [-0.3, -0.25) is 25.2 Å². The van der Waals surface area contributed by atoms with Crippen LogP contribution in [0, 0.1) is 0 Å². The van der Waals surface area contributed by atoms with Gasteiger partial charge in [0, 0.05) is 16.2 Å². The summed E-state index contributed by atoms with van der Waals surface area (Å²) in [6.07, 6.45) is 1.59. The first-order valence-electron chi connectivity index (χ1n) is 7.43. The molecule has 132 valence electrons. The third-order valence-electron chi connectivity index (χ3n) is 3.04. The molecular formula is C16H17BrN4O4. The number of nitrogens with one attached hydrogen (secondary N) is 4. The Bertz CT molecular complexity index is 758. The molecule has 25 heavy (non-hydrogen) atoms. The van der Waals surface area contributed by atoms with Crippen LogP contribution in [0.3, 0.4) is 0 Å². The number of aromatic nitrogens is 1. The molecule has 0 spiro atoms. The van der Waals surface area contributed by atoms with Gasteiger partial charge in [-0.2, -0.15) is 0 Å². The van der Waals surface area contributed by atoms with Crippen molar-refractivity contribution in [3.8, 4) is 5.75 Å². The Morgan fingerprint density at radius 1 is 1.12 bits per heavy atom. The smallest absolute Gasteiger partial charge is 0.286 e. The number of H-pyrrole nitrogens is 1. The monoisotopic (exact) mass is 408 g/mol. The van der Waals surface area contributed by atoms with Crippen LogP contribution in [0.4, 0.5) is 0 Å². The van der Waals surface area contributed by atoms with Crippen LogP contribution in [-0.2, 0) is 4.79 Å². The molecule has 0 fully saturated rings. The third-order valence-corrected chi connectivity index (χ3v) is 3.50. The van der Waals surface area contributed by atoms with Crippen molar-refractivity contribution in [2.75, 3.05) is 13.2 Å². The molecule has 4 N–H and O–H groups in total. The average Bonchev–Trinajstić information content (AvgIpc) is 3.05. The van der Waals surface area contributed by atoms with Gasteiger partial charge in [0.15, 0.2) is 0 Å². The average molecular weight is 409 g/mol. The minimum atomic E-state index is -0.557. The number of carbonyl (C=O) groups excluding carboxylic acids is 3. The van der Waals surface area contributed by atoms with Crippen LogP contribution in [0.2, 0.25) is 0 Å². The standard InChI is InChI=1S/C16H17BrN4O4/c1-2-25-12-5-3-10(4-6-12)15(23)19-9-14(22)20-21-16(24)13-7-11(17)8-18-13/h3-8,18H,2,9H2,1H3,(H,19,23)(H,20,22)(H,21,24). The molecule has 2 rings (SSSR count). The maximum absolute atomic E-state index is 12.0. The fourth-order valence-electron chi connectivity index (χ4n) is 1.87. The maximum Gasteiger partial charge on any atom is 0.286 e. The number of benzene rings is 1. The van der Waals surface area contributed by atoms with E-state index in [2.05, 4.69) is 37.1 Å². The van der Waals surface area contributed by atoms with E-state index in [0.717, 1.165) is 0 Å². The SMILES string of the molecule is CCOc1ccc(C(=O)NCC(=O)NNC(=O)c2cc(Br)c[nH]2)cc1. The first-order valence-corrected chi connectivity index (χ1v) is 8.23. The van der Waals surface area contributed by atoms with E-state index in [9.17, 15) is 14.4 Å². The number of hydrazine groups is 1. The summed E-state index contributed by atoms with van der Waals surface area (Å²) >= 11 is 3.20. The second-order valence-corrected chi connectivity index (χ2v) is 5.79. The van der Waals surface area contributed by atoms with E-state index < -0.39 is 17.7 Å². The molecule has 0 aliphatic rings. The Balaban J connectivity index is 1.75. The van der Waals surface area contributed by atoms with E-state index in [0.29, 0.717) is 22.4 Å². The summed E-state index contributed by atoms with van der Waals surface area (Å²) < 4.78 is 6.00. The van der Waals surface area contributed by atoms with Gasteiger partial charge in [0.05, 0.1) is 13.2 Å². The van der Waals surface area contributed by atoms with Crippen molar-refractivity contribution >= 4 is 33.7 Å². The molecule has 0 atom stereocenters. The molecule has 2 aromatic rings. The van der Waals surface area contributed by atoms with E-state index in [1.165, 1.54) is 0 Å². The molecule has 9 heteroatoms. The zero-order valence-electron chi connectivity index (χ0n) is 13.4. The lowest BCUT2D eigenvalue weighted by molar-refractivity contribution is -0.120. The quantitative estimate of drug-likeness (QED) is 0.540. The Morgan fingerprint density at radius 3 is 2.44 bits per heavy atom. The fraction of sp³-hybridized carbons (Fsp3) is 0.188. The summed E-state index contributed by atoms with van der Waals surface area (Å²) in [7, 11) is 0. The van der Waals surface area contributed by atoms with Crippen LogP contribution in [0.5, 0.6) is 5.75 Å². The fourth-order valence-corrected chi connectivity index (χ4v) is 2.21. The lowest BCUT2D eigenvalue weighted by Crippen LogP contribution is -2.46. The van der Waals surface area contributed by atoms with Crippen molar-refractivity contribution in [3.63, 3.8) is 0 Å². The second-order valence-electron chi connectivity index (χ2n) is 4.87. The molecule has 0 radical (unpaired) electrons. The number of hydrogen-bond acceptors (Lipinski definition) is 4. The van der Waals surface area contributed by atoms with Crippen molar-refractivity contribution in [2.24, 2.45) is 0 Å². The first kappa shape index (κ1) is 18.5. The number of halogens is 1. The molecule has 0 aliphatic heterocycles. The molecule has 1 aromatic heterocycles.